The van der Waals surface area contributed by atoms with E-state index in [0.717, 1.165) is 17.6 Å². The summed E-state index contributed by atoms with van der Waals surface area (Å²) < 4.78 is 3.53. The number of benzene rings is 4. The third-order valence-electron chi connectivity index (χ3n) is 8.94. The average molecular weight is 591 g/mol. The van der Waals surface area contributed by atoms with Crippen LogP contribution < -0.4 is 4.90 Å². The minimum Gasteiger partial charge on any atom is -0.344 e. The van der Waals surface area contributed by atoms with Gasteiger partial charge in [0.25, 0.3) is 0 Å². The Kier molecular flexibility index (Phi) is 6.62. The van der Waals surface area contributed by atoms with Crippen LogP contribution in [0.1, 0.15) is 52.7 Å². The van der Waals surface area contributed by atoms with E-state index in [2.05, 4.69) is 164 Å². The molecule has 6 rings (SSSR count). The van der Waals surface area contributed by atoms with Crippen molar-refractivity contribution in [2.45, 2.75) is 52.4 Å². The molecular weight excluding hydrogens is 552 g/mol. The van der Waals surface area contributed by atoms with Crippen molar-refractivity contribution >= 4 is 54.6 Å². The second kappa shape index (κ2) is 9.89. The van der Waals surface area contributed by atoms with E-state index >= 15 is 0 Å². The minimum atomic E-state index is -0.0936. The van der Waals surface area contributed by atoms with Gasteiger partial charge in [0.05, 0.1) is 5.41 Å². The molecule has 2 aliphatic rings. The number of hydrogen-bond donors (Lipinski definition) is 0. The van der Waals surface area contributed by atoms with Crippen LogP contribution in [0.3, 0.4) is 0 Å². The first kappa shape index (κ1) is 26.8. The van der Waals surface area contributed by atoms with Gasteiger partial charge in [-0.15, -0.1) is 0 Å². The van der Waals surface area contributed by atoms with Crippen molar-refractivity contribution < 1.29 is 4.58 Å². The molecule has 0 aliphatic carbocycles. The lowest BCUT2D eigenvalue weighted by Crippen LogP contribution is -2.27. The number of likely N-dealkylation sites (N-methyl/N-ethyl adjacent to an activating group) is 1. The maximum Gasteiger partial charge on any atom is 0.210 e. The summed E-state index contributed by atoms with van der Waals surface area (Å²) in [5.74, 6) is 0. The highest BCUT2D eigenvalue weighted by Crippen LogP contribution is 2.50. The quantitative estimate of drug-likeness (QED) is 0.166. The van der Waals surface area contributed by atoms with Gasteiger partial charge in [-0.3, -0.25) is 0 Å². The number of allylic oxidation sites excluding steroid dienone is 6. The lowest BCUT2D eigenvalue weighted by molar-refractivity contribution is -0.433. The molecule has 0 fully saturated rings. The fourth-order valence-electron chi connectivity index (χ4n) is 7.12. The third kappa shape index (κ3) is 4.01. The zero-order valence-corrected chi connectivity index (χ0v) is 26.0. The van der Waals surface area contributed by atoms with Crippen LogP contribution in [0.2, 0.25) is 0 Å². The van der Waals surface area contributed by atoms with Gasteiger partial charge in [0.1, 0.15) is 6.54 Å². The fraction of sp³-hybridized carbons (Fsp3) is 0.270. The van der Waals surface area contributed by atoms with E-state index in [1.165, 1.54) is 55.5 Å². The molecule has 0 amide bonds. The Morgan fingerprint density at radius 3 is 2.08 bits per heavy atom. The molecule has 0 atom stereocenters. The van der Waals surface area contributed by atoms with Crippen molar-refractivity contribution in [1.82, 2.24) is 0 Å². The summed E-state index contributed by atoms with van der Waals surface area (Å²) in [6.45, 7) is 15.8. The Hall–Kier alpha value is -3.43. The Morgan fingerprint density at radius 1 is 0.800 bits per heavy atom. The van der Waals surface area contributed by atoms with Crippen molar-refractivity contribution in [2.75, 3.05) is 18.0 Å². The molecule has 2 nitrogen and oxygen atoms in total. The predicted molar refractivity (Wildman–Crippen MR) is 177 cm³/mol. The van der Waals surface area contributed by atoms with Gasteiger partial charge in [0, 0.05) is 45.5 Å². The Morgan fingerprint density at radius 2 is 1.43 bits per heavy atom. The number of anilines is 1. The number of halogens is 1. The number of fused-ring (bicyclic) bond motifs is 6. The molecule has 4 aromatic rings. The van der Waals surface area contributed by atoms with Crippen molar-refractivity contribution in [3.8, 4) is 0 Å². The maximum atomic E-state index is 3.88. The largest absolute Gasteiger partial charge is 0.344 e. The van der Waals surface area contributed by atoms with Crippen molar-refractivity contribution in [3.05, 3.63) is 118 Å². The van der Waals surface area contributed by atoms with Crippen LogP contribution >= 0.6 is 15.9 Å². The summed E-state index contributed by atoms with van der Waals surface area (Å²) in [7, 11) is 0. The summed E-state index contributed by atoms with van der Waals surface area (Å²) in [4.78, 5) is 2.47. The summed E-state index contributed by atoms with van der Waals surface area (Å²) in [6.07, 6.45) is 9.03. The summed E-state index contributed by atoms with van der Waals surface area (Å²) >= 11 is 3.88. The minimum absolute atomic E-state index is 0.0936. The monoisotopic (exact) mass is 589 g/mol. The lowest BCUT2D eigenvalue weighted by atomic mass is 9.79. The summed E-state index contributed by atoms with van der Waals surface area (Å²) in [5, 5.41) is 5.30. The normalized spacial score (nSPS) is 18.9. The maximum absolute atomic E-state index is 3.88. The van der Waals surface area contributed by atoms with Gasteiger partial charge in [-0.2, -0.15) is 4.58 Å². The number of nitrogens with zero attached hydrogens (tertiary/aromatic N) is 2. The lowest BCUT2D eigenvalue weighted by Gasteiger charge is -2.26. The van der Waals surface area contributed by atoms with E-state index in [9.17, 15) is 0 Å². The van der Waals surface area contributed by atoms with E-state index in [-0.39, 0.29) is 10.8 Å². The standard InChI is InChI=1S/C37H38BrN2/c1-7-39-30-21-17-25-13-9-11-15-28(25)34(30)36(3,4)32(39)23-19-27(38)20-24-33-37(5,6)35-29-16-12-10-14-26(29)18-22-31(35)40(33)8-2/h9-24H,7-8H2,1-6H3/q+1. The zero-order valence-electron chi connectivity index (χ0n) is 24.4. The van der Waals surface area contributed by atoms with Crippen LogP contribution in [0.15, 0.2) is 107 Å². The van der Waals surface area contributed by atoms with E-state index < -0.39 is 0 Å². The van der Waals surface area contributed by atoms with Gasteiger partial charge in [-0.1, -0.05) is 84.4 Å². The Labute approximate surface area is 247 Å². The van der Waals surface area contributed by atoms with Crippen LogP contribution in [0.5, 0.6) is 0 Å². The molecule has 2 heterocycles. The molecule has 0 spiro atoms. The van der Waals surface area contributed by atoms with Gasteiger partial charge in [0.2, 0.25) is 5.69 Å². The molecule has 0 radical (unpaired) electrons. The van der Waals surface area contributed by atoms with E-state index in [1.807, 2.05) is 0 Å². The van der Waals surface area contributed by atoms with Crippen molar-refractivity contribution in [3.63, 3.8) is 0 Å². The van der Waals surface area contributed by atoms with Gasteiger partial charge < -0.3 is 4.90 Å². The smallest absolute Gasteiger partial charge is 0.210 e. The first-order chi connectivity index (χ1) is 19.2. The van der Waals surface area contributed by atoms with Gasteiger partial charge >= 0.3 is 0 Å². The highest BCUT2D eigenvalue weighted by Gasteiger charge is 2.45. The van der Waals surface area contributed by atoms with Crippen LogP contribution in [0, 0.1) is 0 Å². The highest BCUT2D eigenvalue weighted by molar-refractivity contribution is 9.11. The van der Waals surface area contributed by atoms with E-state index in [4.69, 9.17) is 0 Å². The van der Waals surface area contributed by atoms with E-state index in [1.54, 1.807) is 0 Å². The molecule has 0 unspecified atom stereocenters. The van der Waals surface area contributed by atoms with Gasteiger partial charge in [-0.05, 0) is 85.2 Å². The van der Waals surface area contributed by atoms with Crippen LogP contribution in [0.4, 0.5) is 11.4 Å². The molecule has 0 saturated heterocycles. The Balaban J connectivity index is 1.37. The topological polar surface area (TPSA) is 6.25 Å². The third-order valence-corrected chi connectivity index (χ3v) is 9.47. The predicted octanol–water partition coefficient (Wildman–Crippen LogP) is 9.93. The fourth-order valence-corrected chi connectivity index (χ4v) is 7.39. The SMILES string of the molecule is CCN1/C(=C/C=C(Br)/C=C/C2=[N+](CC)c3ccc4ccccc4c3C2(C)C)C(C)(C)c2c1ccc1ccccc21. The van der Waals surface area contributed by atoms with Gasteiger partial charge in [0.15, 0.2) is 5.71 Å². The number of hydrogen-bond acceptors (Lipinski definition) is 1. The highest BCUT2D eigenvalue weighted by atomic mass is 79.9. The zero-order chi connectivity index (χ0) is 28.2. The van der Waals surface area contributed by atoms with Crippen LogP contribution in [0.25, 0.3) is 21.5 Å². The van der Waals surface area contributed by atoms with Crippen LogP contribution in [-0.4, -0.2) is 23.4 Å². The molecule has 0 saturated carbocycles. The van der Waals surface area contributed by atoms with Crippen LogP contribution in [-0.2, 0) is 10.8 Å². The Bertz CT molecular complexity index is 1780. The molecule has 0 aromatic heterocycles. The molecular formula is C37H38BrN2+. The number of rotatable bonds is 5. The molecule has 3 heteroatoms. The first-order valence-corrected chi connectivity index (χ1v) is 15.2. The molecule has 4 aromatic carbocycles. The second-order valence-corrected chi connectivity index (χ2v) is 12.8. The first-order valence-electron chi connectivity index (χ1n) is 14.4. The molecule has 40 heavy (non-hydrogen) atoms. The molecule has 0 N–H and O–H groups in total. The average Bonchev–Trinajstić information content (AvgIpc) is 3.32. The summed E-state index contributed by atoms with van der Waals surface area (Å²) in [6, 6.07) is 26.6. The van der Waals surface area contributed by atoms with E-state index in [0.29, 0.717) is 0 Å². The van der Waals surface area contributed by atoms with Crippen molar-refractivity contribution in [2.24, 2.45) is 0 Å². The molecule has 202 valence electrons. The molecule has 0 bridgehead atoms. The second-order valence-electron chi connectivity index (χ2n) is 11.9. The van der Waals surface area contributed by atoms with Gasteiger partial charge in [-0.25, -0.2) is 0 Å². The summed E-state index contributed by atoms with van der Waals surface area (Å²) in [5.41, 5.74) is 7.96. The van der Waals surface area contributed by atoms with Crippen molar-refractivity contribution in [1.29, 1.82) is 0 Å². The molecule has 2 aliphatic heterocycles.